The van der Waals surface area contributed by atoms with Crippen molar-refractivity contribution < 1.29 is 4.74 Å². The number of hydrogen-bond acceptors (Lipinski definition) is 1. The Labute approximate surface area is 101 Å². The van der Waals surface area contributed by atoms with E-state index >= 15 is 0 Å². The van der Waals surface area contributed by atoms with Crippen molar-refractivity contribution >= 4 is 31.9 Å². The van der Waals surface area contributed by atoms with Gasteiger partial charge in [-0.3, -0.25) is 0 Å². The second kappa shape index (κ2) is 6.38. The lowest BCUT2D eigenvalue weighted by molar-refractivity contribution is 0.125. The topological polar surface area (TPSA) is 9.23 Å². The second-order valence-electron chi connectivity index (χ2n) is 2.87. The molecular weight excluding hydrogens is 308 g/mol. The maximum Gasteiger partial charge on any atom is 0.0728 e. The van der Waals surface area contributed by atoms with Crippen LogP contribution in [0.25, 0.3) is 0 Å². The Kier molecular flexibility index (Phi) is 5.45. The fourth-order valence-electron chi connectivity index (χ4n) is 1.00. The summed E-state index contributed by atoms with van der Waals surface area (Å²) in [7, 11) is 0. The van der Waals surface area contributed by atoms with Gasteiger partial charge < -0.3 is 4.74 Å². The molecule has 0 amide bonds. The Morgan fingerprint density at radius 1 is 1.36 bits per heavy atom. The van der Waals surface area contributed by atoms with Crippen LogP contribution in [0.2, 0.25) is 0 Å². The van der Waals surface area contributed by atoms with Crippen LogP contribution in [0.1, 0.15) is 12.0 Å². The van der Waals surface area contributed by atoms with E-state index in [0.717, 1.165) is 27.5 Å². The summed E-state index contributed by atoms with van der Waals surface area (Å²) in [5.74, 6) is 0. The van der Waals surface area contributed by atoms with Crippen LogP contribution < -0.4 is 0 Å². The minimum Gasteiger partial charge on any atom is -0.376 e. The summed E-state index contributed by atoms with van der Waals surface area (Å²) in [4.78, 5) is 0. The van der Waals surface area contributed by atoms with Crippen LogP contribution >= 0.6 is 31.9 Å². The highest BCUT2D eigenvalue weighted by molar-refractivity contribution is 9.11. The van der Waals surface area contributed by atoms with Crippen LogP contribution in [0.3, 0.4) is 0 Å². The van der Waals surface area contributed by atoms with Gasteiger partial charge in [0.05, 0.1) is 13.2 Å². The maximum atomic E-state index is 5.47. The van der Waals surface area contributed by atoms with E-state index in [1.165, 1.54) is 0 Å². The van der Waals surface area contributed by atoms with Gasteiger partial charge >= 0.3 is 0 Å². The molecule has 76 valence electrons. The standard InChI is InChI=1S/C11H12Br2O/c1-2-3-6-14-8-9-7-10(12)4-5-11(9)13/h2,4-5,7H,1,3,6,8H2. The van der Waals surface area contributed by atoms with Gasteiger partial charge in [-0.05, 0) is 30.2 Å². The van der Waals surface area contributed by atoms with E-state index < -0.39 is 0 Å². The van der Waals surface area contributed by atoms with E-state index in [2.05, 4.69) is 44.5 Å². The molecule has 0 N–H and O–H groups in total. The molecule has 0 aliphatic rings. The summed E-state index contributed by atoms with van der Waals surface area (Å²) in [5.41, 5.74) is 1.16. The van der Waals surface area contributed by atoms with Gasteiger partial charge in [0.2, 0.25) is 0 Å². The highest BCUT2D eigenvalue weighted by atomic mass is 79.9. The molecule has 0 aliphatic carbocycles. The van der Waals surface area contributed by atoms with Gasteiger partial charge in [-0.25, -0.2) is 0 Å². The van der Waals surface area contributed by atoms with Crippen LogP contribution in [-0.4, -0.2) is 6.61 Å². The number of benzene rings is 1. The molecular formula is C11H12Br2O. The molecule has 0 saturated carbocycles. The van der Waals surface area contributed by atoms with Gasteiger partial charge in [0.25, 0.3) is 0 Å². The molecule has 1 rings (SSSR count). The van der Waals surface area contributed by atoms with Crippen molar-refractivity contribution in [3.05, 3.63) is 45.4 Å². The number of hydrogen-bond donors (Lipinski definition) is 0. The predicted molar refractivity (Wildman–Crippen MR) is 66.3 cm³/mol. The average molecular weight is 320 g/mol. The molecule has 0 saturated heterocycles. The zero-order chi connectivity index (χ0) is 10.4. The minimum atomic E-state index is 0.633. The van der Waals surface area contributed by atoms with Crippen molar-refractivity contribution in [3.63, 3.8) is 0 Å². The molecule has 1 nitrogen and oxygen atoms in total. The normalized spacial score (nSPS) is 10.1. The highest BCUT2D eigenvalue weighted by Gasteiger charge is 2.00. The molecule has 1 aromatic carbocycles. The van der Waals surface area contributed by atoms with E-state index in [1.54, 1.807) is 0 Å². The molecule has 14 heavy (non-hydrogen) atoms. The first-order chi connectivity index (χ1) is 6.74. The molecule has 0 atom stereocenters. The fraction of sp³-hybridized carbons (Fsp3) is 0.273. The van der Waals surface area contributed by atoms with Gasteiger partial charge in [-0.2, -0.15) is 0 Å². The number of rotatable bonds is 5. The zero-order valence-electron chi connectivity index (χ0n) is 7.80. The van der Waals surface area contributed by atoms with Gasteiger partial charge in [0, 0.05) is 8.95 Å². The Morgan fingerprint density at radius 2 is 2.14 bits per heavy atom. The highest BCUT2D eigenvalue weighted by Crippen LogP contribution is 2.22. The largest absolute Gasteiger partial charge is 0.376 e. The Morgan fingerprint density at radius 3 is 2.86 bits per heavy atom. The molecule has 0 heterocycles. The van der Waals surface area contributed by atoms with Gasteiger partial charge in [0.1, 0.15) is 0 Å². The van der Waals surface area contributed by atoms with Crippen molar-refractivity contribution in [3.8, 4) is 0 Å². The van der Waals surface area contributed by atoms with Crippen LogP contribution in [-0.2, 0) is 11.3 Å². The minimum absolute atomic E-state index is 0.633. The third kappa shape index (κ3) is 3.95. The summed E-state index contributed by atoms with van der Waals surface area (Å²) in [6.45, 7) is 5.00. The molecule has 3 heteroatoms. The number of ether oxygens (including phenoxy) is 1. The SMILES string of the molecule is C=CCCOCc1cc(Br)ccc1Br. The van der Waals surface area contributed by atoms with Crippen LogP contribution in [0, 0.1) is 0 Å². The lowest BCUT2D eigenvalue weighted by Crippen LogP contribution is -1.95. The summed E-state index contributed by atoms with van der Waals surface area (Å²) < 4.78 is 7.63. The van der Waals surface area contributed by atoms with Crippen molar-refractivity contribution in [1.82, 2.24) is 0 Å². The summed E-state index contributed by atoms with van der Waals surface area (Å²) >= 11 is 6.90. The van der Waals surface area contributed by atoms with E-state index in [0.29, 0.717) is 6.61 Å². The van der Waals surface area contributed by atoms with E-state index in [4.69, 9.17) is 4.74 Å². The van der Waals surface area contributed by atoms with E-state index in [1.807, 2.05) is 18.2 Å². The van der Waals surface area contributed by atoms with Crippen LogP contribution in [0.15, 0.2) is 39.8 Å². The van der Waals surface area contributed by atoms with Crippen LogP contribution in [0.5, 0.6) is 0 Å². The Balaban J connectivity index is 2.49. The fourth-order valence-corrected chi connectivity index (χ4v) is 1.77. The number of halogens is 2. The Hall–Kier alpha value is -0.120. The van der Waals surface area contributed by atoms with Crippen molar-refractivity contribution in [1.29, 1.82) is 0 Å². The van der Waals surface area contributed by atoms with Gasteiger partial charge in [-0.15, -0.1) is 6.58 Å². The maximum absolute atomic E-state index is 5.47. The monoisotopic (exact) mass is 318 g/mol. The molecule has 0 radical (unpaired) electrons. The first kappa shape index (κ1) is 12.0. The van der Waals surface area contributed by atoms with Crippen molar-refractivity contribution in [2.75, 3.05) is 6.61 Å². The van der Waals surface area contributed by atoms with Gasteiger partial charge in [-0.1, -0.05) is 37.9 Å². The lowest BCUT2D eigenvalue weighted by atomic mass is 10.2. The third-order valence-electron chi connectivity index (χ3n) is 1.73. The van der Waals surface area contributed by atoms with Gasteiger partial charge in [0.15, 0.2) is 0 Å². The summed E-state index contributed by atoms with van der Waals surface area (Å²) in [5, 5.41) is 0. The molecule has 0 aromatic heterocycles. The molecule has 0 spiro atoms. The molecule has 0 unspecified atom stereocenters. The first-order valence-electron chi connectivity index (χ1n) is 4.36. The predicted octanol–water partition coefficient (Wildman–Crippen LogP) is 4.30. The zero-order valence-corrected chi connectivity index (χ0v) is 11.0. The van der Waals surface area contributed by atoms with E-state index in [9.17, 15) is 0 Å². The third-order valence-corrected chi connectivity index (χ3v) is 3.00. The quantitative estimate of drug-likeness (QED) is 0.580. The molecule has 0 aliphatic heterocycles. The summed E-state index contributed by atoms with van der Waals surface area (Å²) in [6, 6.07) is 6.06. The summed E-state index contributed by atoms with van der Waals surface area (Å²) in [6.07, 6.45) is 2.75. The van der Waals surface area contributed by atoms with Crippen molar-refractivity contribution in [2.24, 2.45) is 0 Å². The van der Waals surface area contributed by atoms with E-state index in [-0.39, 0.29) is 0 Å². The van der Waals surface area contributed by atoms with Crippen molar-refractivity contribution in [2.45, 2.75) is 13.0 Å². The first-order valence-corrected chi connectivity index (χ1v) is 5.95. The smallest absolute Gasteiger partial charge is 0.0728 e. The Bertz CT molecular complexity index is 310. The molecule has 0 fully saturated rings. The van der Waals surface area contributed by atoms with Crippen LogP contribution in [0.4, 0.5) is 0 Å². The molecule has 0 bridgehead atoms. The average Bonchev–Trinajstić information content (AvgIpc) is 2.18. The lowest BCUT2D eigenvalue weighted by Gasteiger charge is -2.05. The molecule has 1 aromatic rings. The second-order valence-corrected chi connectivity index (χ2v) is 4.64.